The molecule has 5 nitrogen and oxygen atoms in total. The van der Waals surface area contributed by atoms with Crippen molar-refractivity contribution in [3.8, 4) is 0 Å². The van der Waals surface area contributed by atoms with Crippen molar-refractivity contribution in [1.82, 2.24) is 14.2 Å². The molecular weight excluding hydrogens is 318 g/mol. The zero-order valence-corrected chi connectivity index (χ0v) is 14.8. The normalized spacial score (nSPS) is 28.8. The van der Waals surface area contributed by atoms with E-state index in [2.05, 4.69) is 9.88 Å². The summed E-state index contributed by atoms with van der Waals surface area (Å²) < 4.78 is 25.2. The molecule has 2 saturated heterocycles. The zero-order chi connectivity index (χ0) is 15.6. The Hall–Kier alpha value is -0.500. The smallest absolute Gasteiger partial charge is 0.211 e. The number of aromatic nitrogens is 1. The van der Waals surface area contributed by atoms with Crippen LogP contribution < -0.4 is 0 Å². The predicted octanol–water partition coefficient (Wildman–Crippen LogP) is 2.34. The van der Waals surface area contributed by atoms with Crippen molar-refractivity contribution < 1.29 is 8.42 Å². The molecule has 0 amide bonds. The molecule has 0 saturated carbocycles. The summed E-state index contributed by atoms with van der Waals surface area (Å²) in [5.41, 5.74) is 0. The molecule has 2 aliphatic heterocycles. The number of likely N-dealkylation sites (tertiary alicyclic amines) is 1. The molecule has 0 unspecified atom stereocenters. The highest BCUT2D eigenvalue weighted by Gasteiger charge is 2.31. The molecule has 1 aromatic rings. The first-order chi connectivity index (χ1) is 10.5. The number of hydrogen-bond donors (Lipinski definition) is 0. The number of sulfonamides is 1. The van der Waals surface area contributed by atoms with Gasteiger partial charge in [0.15, 0.2) is 0 Å². The van der Waals surface area contributed by atoms with E-state index < -0.39 is 10.0 Å². The van der Waals surface area contributed by atoms with Crippen LogP contribution in [0.15, 0.2) is 11.6 Å². The summed E-state index contributed by atoms with van der Waals surface area (Å²) in [4.78, 5) is 7.05. The minimum Gasteiger partial charge on any atom is -0.294 e. The van der Waals surface area contributed by atoms with Gasteiger partial charge in [-0.25, -0.2) is 17.7 Å². The Kier molecular flexibility index (Phi) is 5.17. The van der Waals surface area contributed by atoms with Crippen molar-refractivity contribution in [2.45, 2.75) is 38.1 Å². The van der Waals surface area contributed by atoms with Crippen LogP contribution in [-0.4, -0.2) is 55.0 Å². The first-order valence-electron chi connectivity index (χ1n) is 8.12. The van der Waals surface area contributed by atoms with E-state index in [1.165, 1.54) is 30.5 Å². The summed E-state index contributed by atoms with van der Waals surface area (Å²) in [6.45, 7) is 3.47. The van der Waals surface area contributed by atoms with Crippen LogP contribution in [0.5, 0.6) is 0 Å². The third-order valence-electron chi connectivity index (χ3n) is 4.79. The molecule has 0 bridgehead atoms. The lowest BCUT2D eigenvalue weighted by Gasteiger charge is -2.39. The van der Waals surface area contributed by atoms with Crippen molar-refractivity contribution >= 4 is 21.4 Å². The Morgan fingerprint density at radius 1 is 1.27 bits per heavy atom. The van der Waals surface area contributed by atoms with Crippen LogP contribution >= 0.6 is 11.3 Å². The summed E-state index contributed by atoms with van der Waals surface area (Å²) in [5.74, 6) is 0.448. The number of piperidine rings is 2. The van der Waals surface area contributed by atoms with Gasteiger partial charge in [0.25, 0.3) is 0 Å². The molecule has 2 fully saturated rings. The Balaban J connectivity index is 1.65. The Bertz CT molecular complexity index is 574. The van der Waals surface area contributed by atoms with E-state index in [0.717, 1.165) is 25.9 Å². The van der Waals surface area contributed by atoms with Gasteiger partial charge in [-0.05, 0) is 38.1 Å². The van der Waals surface area contributed by atoms with Crippen molar-refractivity contribution in [3.05, 3.63) is 16.6 Å². The highest BCUT2D eigenvalue weighted by atomic mass is 32.2. The molecular formula is C15H25N3O2S2. The summed E-state index contributed by atoms with van der Waals surface area (Å²) in [5, 5.41) is 3.27. The largest absolute Gasteiger partial charge is 0.294 e. The highest BCUT2D eigenvalue weighted by Crippen LogP contribution is 2.33. The van der Waals surface area contributed by atoms with Crippen LogP contribution in [0.3, 0.4) is 0 Å². The monoisotopic (exact) mass is 343 g/mol. The maximum atomic E-state index is 11.8. The molecule has 22 heavy (non-hydrogen) atoms. The van der Waals surface area contributed by atoms with Crippen LogP contribution in [-0.2, 0) is 10.0 Å². The van der Waals surface area contributed by atoms with Crippen molar-refractivity contribution in [3.63, 3.8) is 0 Å². The molecule has 0 radical (unpaired) electrons. The second-order valence-corrected chi connectivity index (χ2v) is 9.41. The molecule has 0 aromatic carbocycles. The number of rotatable bonds is 4. The van der Waals surface area contributed by atoms with Gasteiger partial charge in [0, 0.05) is 31.2 Å². The first kappa shape index (κ1) is 16.4. The van der Waals surface area contributed by atoms with Crippen LogP contribution in [0, 0.1) is 5.92 Å². The van der Waals surface area contributed by atoms with Gasteiger partial charge in [-0.1, -0.05) is 6.42 Å². The van der Waals surface area contributed by atoms with Crippen molar-refractivity contribution in [1.29, 1.82) is 0 Å². The predicted molar refractivity (Wildman–Crippen MR) is 89.4 cm³/mol. The van der Waals surface area contributed by atoms with Crippen LogP contribution in [0.1, 0.15) is 43.2 Å². The molecule has 0 aliphatic carbocycles. The molecule has 3 rings (SSSR count). The minimum absolute atomic E-state index is 0.433. The highest BCUT2D eigenvalue weighted by molar-refractivity contribution is 7.88. The second-order valence-electron chi connectivity index (χ2n) is 6.51. The third kappa shape index (κ3) is 3.88. The third-order valence-corrected chi connectivity index (χ3v) is 6.94. The lowest BCUT2D eigenvalue weighted by molar-refractivity contribution is 0.105. The molecule has 7 heteroatoms. The molecule has 2 atom stereocenters. The van der Waals surface area contributed by atoms with Crippen LogP contribution in [0.4, 0.5) is 0 Å². The van der Waals surface area contributed by atoms with Crippen LogP contribution in [0.25, 0.3) is 0 Å². The fourth-order valence-electron chi connectivity index (χ4n) is 3.70. The minimum atomic E-state index is -3.05. The Morgan fingerprint density at radius 2 is 2.14 bits per heavy atom. The fourth-order valence-corrected chi connectivity index (χ4v) is 5.45. The Labute approximate surface area is 137 Å². The molecule has 3 heterocycles. The molecule has 0 spiro atoms. The maximum Gasteiger partial charge on any atom is 0.211 e. The van der Waals surface area contributed by atoms with Gasteiger partial charge < -0.3 is 0 Å². The number of hydrogen-bond acceptors (Lipinski definition) is 5. The molecule has 0 N–H and O–H groups in total. The lowest BCUT2D eigenvalue weighted by Crippen LogP contribution is -2.45. The van der Waals surface area contributed by atoms with Crippen molar-refractivity contribution in [2.24, 2.45) is 5.92 Å². The standard InChI is InChI=1S/C15H25N3O2S2/c1-22(19,20)18-9-4-5-13(12-18)11-17-8-3-2-6-14(17)15-16-7-10-21-15/h7,10,13-14H,2-6,8-9,11-12H2,1H3/t13-,14+/m0/s1. The number of thiazole rings is 1. The molecule has 1 aromatic heterocycles. The topological polar surface area (TPSA) is 53.5 Å². The van der Waals surface area contributed by atoms with E-state index in [9.17, 15) is 8.42 Å². The summed E-state index contributed by atoms with van der Waals surface area (Å²) in [7, 11) is -3.05. The van der Waals surface area contributed by atoms with E-state index in [0.29, 0.717) is 25.0 Å². The SMILES string of the molecule is CS(=O)(=O)N1CCC[C@@H](CN2CCCC[C@@H]2c2nccs2)C1. The van der Waals surface area contributed by atoms with Gasteiger partial charge >= 0.3 is 0 Å². The lowest BCUT2D eigenvalue weighted by atomic mass is 9.95. The van der Waals surface area contributed by atoms with Gasteiger partial charge in [0.1, 0.15) is 5.01 Å². The van der Waals surface area contributed by atoms with E-state index >= 15 is 0 Å². The quantitative estimate of drug-likeness (QED) is 0.842. The van der Waals surface area contributed by atoms with Gasteiger partial charge in [0.05, 0.1) is 12.3 Å². The summed E-state index contributed by atoms with van der Waals surface area (Å²) in [6.07, 6.45) is 9.01. The van der Waals surface area contributed by atoms with E-state index in [1.807, 2.05) is 11.6 Å². The average molecular weight is 344 g/mol. The number of nitrogens with zero attached hydrogens (tertiary/aromatic N) is 3. The van der Waals surface area contributed by atoms with E-state index in [-0.39, 0.29) is 0 Å². The van der Waals surface area contributed by atoms with Gasteiger partial charge in [0.2, 0.25) is 10.0 Å². The van der Waals surface area contributed by atoms with Crippen molar-refractivity contribution in [2.75, 3.05) is 32.4 Å². The fraction of sp³-hybridized carbons (Fsp3) is 0.800. The zero-order valence-electron chi connectivity index (χ0n) is 13.1. The second kappa shape index (κ2) is 6.95. The van der Waals surface area contributed by atoms with E-state index in [1.54, 1.807) is 15.6 Å². The van der Waals surface area contributed by atoms with Crippen LogP contribution in [0.2, 0.25) is 0 Å². The van der Waals surface area contributed by atoms with Gasteiger partial charge in [-0.2, -0.15) is 0 Å². The van der Waals surface area contributed by atoms with Gasteiger partial charge in [-0.15, -0.1) is 11.3 Å². The summed E-state index contributed by atoms with van der Waals surface area (Å²) in [6, 6.07) is 0.433. The first-order valence-corrected chi connectivity index (χ1v) is 10.9. The average Bonchev–Trinajstić information content (AvgIpc) is 3.01. The molecule has 124 valence electrons. The summed E-state index contributed by atoms with van der Waals surface area (Å²) >= 11 is 1.74. The maximum absolute atomic E-state index is 11.8. The Morgan fingerprint density at radius 3 is 2.86 bits per heavy atom. The molecule has 2 aliphatic rings. The van der Waals surface area contributed by atoms with E-state index in [4.69, 9.17) is 0 Å². The van der Waals surface area contributed by atoms with Gasteiger partial charge in [-0.3, -0.25) is 4.90 Å².